The molecule has 52 heavy (non-hydrogen) atoms. The molecule has 1 saturated heterocycles. The van der Waals surface area contributed by atoms with Gasteiger partial charge in [0.1, 0.15) is 5.75 Å². The number of likely N-dealkylation sites (tertiary alicyclic amines) is 1. The van der Waals surface area contributed by atoms with Crippen LogP contribution in [0.3, 0.4) is 0 Å². The number of fused-ring (bicyclic) bond motifs is 1. The lowest BCUT2D eigenvalue weighted by Gasteiger charge is -2.50. The Kier molecular flexibility index (Phi) is 12.3. The molecule has 1 unspecified atom stereocenters. The van der Waals surface area contributed by atoms with Crippen LogP contribution in [0.5, 0.6) is 11.5 Å². The second-order valence-electron chi connectivity index (χ2n) is 14.6. The van der Waals surface area contributed by atoms with E-state index in [2.05, 4.69) is 76.9 Å². The van der Waals surface area contributed by atoms with Gasteiger partial charge in [0.05, 0.1) is 19.1 Å². The molecule has 1 amide bonds. The van der Waals surface area contributed by atoms with Crippen molar-refractivity contribution >= 4 is 11.6 Å². The van der Waals surface area contributed by atoms with Crippen molar-refractivity contribution in [1.29, 1.82) is 0 Å². The van der Waals surface area contributed by atoms with Gasteiger partial charge < -0.3 is 14.8 Å². The van der Waals surface area contributed by atoms with Crippen molar-refractivity contribution in [1.82, 2.24) is 10.2 Å². The number of hydrogen-bond donors (Lipinski definition) is 1. The second kappa shape index (κ2) is 17.2. The summed E-state index contributed by atoms with van der Waals surface area (Å²) in [7, 11) is 3.16. The van der Waals surface area contributed by atoms with E-state index in [1.807, 2.05) is 24.3 Å². The quantitative estimate of drug-likeness (QED) is 0.0714. The fourth-order valence-corrected chi connectivity index (χ4v) is 8.96. The maximum atomic E-state index is 12.9. The number of amides is 1. The molecule has 0 bridgehead atoms. The predicted molar refractivity (Wildman–Crippen MR) is 206 cm³/mol. The van der Waals surface area contributed by atoms with E-state index >= 15 is 0 Å². The number of piperidine rings is 1. The molecule has 274 valence electrons. The first-order valence-corrected chi connectivity index (χ1v) is 19.0. The van der Waals surface area contributed by atoms with E-state index in [4.69, 9.17) is 9.47 Å². The lowest BCUT2D eigenvalue weighted by atomic mass is 9.68. The van der Waals surface area contributed by atoms with Crippen molar-refractivity contribution in [3.8, 4) is 11.5 Å². The topological polar surface area (TPSA) is 93.9 Å². The fourth-order valence-electron chi connectivity index (χ4n) is 8.96. The molecule has 1 fully saturated rings. The summed E-state index contributed by atoms with van der Waals surface area (Å²) in [6.07, 6.45) is 10.9. The van der Waals surface area contributed by atoms with Crippen LogP contribution in [0.15, 0.2) is 97.1 Å². The minimum atomic E-state index is -0.269. The number of nitrogens with zero attached hydrogens (tertiary/aromatic N) is 2. The third kappa shape index (κ3) is 8.34. The number of carbonyl (C=O) groups excluding carboxylic acids is 1. The summed E-state index contributed by atoms with van der Waals surface area (Å²) in [5, 5.41) is 15.3. The summed E-state index contributed by atoms with van der Waals surface area (Å²) in [6, 6.07) is 33.5. The van der Waals surface area contributed by atoms with Gasteiger partial charge in [-0.15, -0.1) is 0 Å². The lowest BCUT2D eigenvalue weighted by molar-refractivity contribution is -0.386. The van der Waals surface area contributed by atoms with Crippen molar-refractivity contribution in [2.75, 3.05) is 33.9 Å². The zero-order valence-corrected chi connectivity index (χ0v) is 30.8. The normalized spacial score (nSPS) is 17.3. The first-order valence-electron chi connectivity index (χ1n) is 19.0. The average molecular weight is 704 g/mol. The van der Waals surface area contributed by atoms with Gasteiger partial charge >= 0.3 is 5.69 Å². The van der Waals surface area contributed by atoms with E-state index in [0.29, 0.717) is 31.6 Å². The minimum absolute atomic E-state index is 0.0198. The van der Waals surface area contributed by atoms with Gasteiger partial charge in [0.2, 0.25) is 5.91 Å². The van der Waals surface area contributed by atoms with Gasteiger partial charge in [-0.25, -0.2) is 0 Å². The summed E-state index contributed by atoms with van der Waals surface area (Å²) in [6.45, 7) is 2.67. The molecule has 0 aromatic heterocycles. The number of aryl methyl sites for hydroxylation is 1. The molecular formula is C44H53N3O5. The van der Waals surface area contributed by atoms with Gasteiger partial charge in [0.15, 0.2) is 5.75 Å². The van der Waals surface area contributed by atoms with E-state index in [1.165, 1.54) is 31.1 Å². The van der Waals surface area contributed by atoms with E-state index in [0.717, 1.165) is 80.5 Å². The van der Waals surface area contributed by atoms with Gasteiger partial charge in [-0.05, 0) is 118 Å². The Bertz CT molecular complexity index is 1740. The van der Waals surface area contributed by atoms with Crippen LogP contribution in [-0.2, 0) is 29.5 Å². The van der Waals surface area contributed by atoms with Gasteiger partial charge in [0, 0.05) is 29.5 Å². The molecule has 6 rings (SSSR count). The molecule has 0 radical (unpaired) electrons. The van der Waals surface area contributed by atoms with Gasteiger partial charge in [-0.3, -0.25) is 19.8 Å². The van der Waals surface area contributed by atoms with Crippen LogP contribution in [0.25, 0.3) is 0 Å². The van der Waals surface area contributed by atoms with Crippen molar-refractivity contribution in [2.24, 2.45) is 0 Å². The summed E-state index contributed by atoms with van der Waals surface area (Å²) in [4.78, 5) is 27.4. The van der Waals surface area contributed by atoms with Crippen LogP contribution in [0.4, 0.5) is 5.69 Å². The summed E-state index contributed by atoms with van der Waals surface area (Å²) in [5.74, 6) is 1.25. The second-order valence-corrected chi connectivity index (χ2v) is 14.6. The SMILES string of the molecule is COc1ccc(CCC(=O)NCCCC(CCCN2CCCCC23CCc2c(ccc(OC)c2[N+](=O)[O-])C3)(c2ccccc2)c2ccccc2)cc1. The number of ether oxygens (including phenoxy) is 2. The Morgan fingerprint density at radius 3 is 2.21 bits per heavy atom. The molecule has 2 aliphatic rings. The molecule has 1 heterocycles. The first-order chi connectivity index (χ1) is 25.4. The Balaban J connectivity index is 1.15. The van der Waals surface area contributed by atoms with E-state index in [1.54, 1.807) is 13.2 Å². The Morgan fingerprint density at radius 1 is 0.865 bits per heavy atom. The first kappa shape index (κ1) is 37.1. The molecule has 8 heteroatoms. The standard InChI is InChI=1S/C44H53N3O5/c1-51-38-21-17-34(18-22-38)19-24-41(48)45-30-11-27-44(36-13-5-3-6-14-36,37-15-7-4-8-16-37)28-12-32-46-31-10-9-26-43(46)29-25-39-35(33-43)20-23-40(52-2)42(39)47(49)50/h3-8,13-18,20-23H,9-12,19,24-33H2,1-2H3,(H,45,48). The molecule has 4 aromatic carbocycles. The summed E-state index contributed by atoms with van der Waals surface area (Å²) >= 11 is 0. The fraction of sp³-hybridized carbons (Fsp3) is 0.432. The number of carbonyl (C=O) groups is 1. The number of rotatable bonds is 16. The average Bonchev–Trinajstić information content (AvgIpc) is 3.19. The third-order valence-corrected chi connectivity index (χ3v) is 11.7. The Hall–Kier alpha value is -4.69. The number of nitro groups is 1. The van der Waals surface area contributed by atoms with Crippen LogP contribution < -0.4 is 14.8 Å². The highest BCUT2D eigenvalue weighted by molar-refractivity contribution is 5.76. The van der Waals surface area contributed by atoms with Crippen molar-refractivity contribution in [3.05, 3.63) is 135 Å². The number of methoxy groups -OCH3 is 2. The van der Waals surface area contributed by atoms with Gasteiger partial charge in [-0.1, -0.05) is 85.3 Å². The van der Waals surface area contributed by atoms with E-state index in [-0.39, 0.29) is 27.5 Å². The van der Waals surface area contributed by atoms with Gasteiger partial charge in [-0.2, -0.15) is 0 Å². The molecule has 8 nitrogen and oxygen atoms in total. The van der Waals surface area contributed by atoms with Crippen LogP contribution in [0.1, 0.15) is 85.6 Å². The maximum absolute atomic E-state index is 12.9. The minimum Gasteiger partial charge on any atom is -0.497 e. The van der Waals surface area contributed by atoms with Crippen molar-refractivity contribution in [3.63, 3.8) is 0 Å². The highest BCUT2D eigenvalue weighted by atomic mass is 16.6. The number of benzene rings is 4. The summed E-state index contributed by atoms with van der Waals surface area (Å²) in [5.41, 5.74) is 5.65. The number of nitrogens with one attached hydrogen (secondary N) is 1. The third-order valence-electron chi connectivity index (χ3n) is 11.7. The van der Waals surface area contributed by atoms with Gasteiger partial charge in [0.25, 0.3) is 0 Å². The highest BCUT2D eigenvalue weighted by Gasteiger charge is 2.43. The molecule has 1 spiro atoms. The molecule has 0 saturated carbocycles. The Morgan fingerprint density at radius 2 is 1.56 bits per heavy atom. The number of hydrogen-bond acceptors (Lipinski definition) is 6. The monoisotopic (exact) mass is 703 g/mol. The van der Waals surface area contributed by atoms with Crippen LogP contribution in [0, 0.1) is 10.1 Å². The molecule has 1 aliphatic carbocycles. The van der Waals surface area contributed by atoms with E-state index < -0.39 is 0 Å². The predicted octanol–water partition coefficient (Wildman–Crippen LogP) is 8.62. The highest BCUT2D eigenvalue weighted by Crippen LogP contribution is 2.46. The largest absolute Gasteiger partial charge is 0.497 e. The van der Waals surface area contributed by atoms with E-state index in [9.17, 15) is 14.9 Å². The van der Waals surface area contributed by atoms with Crippen molar-refractivity contribution < 1.29 is 19.2 Å². The summed E-state index contributed by atoms with van der Waals surface area (Å²) < 4.78 is 10.7. The molecule has 4 aromatic rings. The smallest absolute Gasteiger partial charge is 0.314 e. The van der Waals surface area contributed by atoms with Crippen LogP contribution >= 0.6 is 0 Å². The molecular weight excluding hydrogens is 650 g/mol. The maximum Gasteiger partial charge on any atom is 0.314 e. The zero-order valence-electron chi connectivity index (χ0n) is 30.8. The van der Waals surface area contributed by atoms with Crippen LogP contribution in [0.2, 0.25) is 0 Å². The molecule has 1 N–H and O–H groups in total. The lowest BCUT2D eigenvalue weighted by Crippen LogP contribution is -2.55. The number of nitro benzene ring substituents is 1. The van der Waals surface area contributed by atoms with Crippen LogP contribution in [-0.4, -0.2) is 55.1 Å². The Labute approximate surface area is 308 Å². The molecule has 1 aliphatic heterocycles. The zero-order chi connectivity index (χ0) is 36.4. The molecule has 1 atom stereocenters. The van der Waals surface area contributed by atoms with Crippen molar-refractivity contribution in [2.45, 2.75) is 88.0 Å².